The highest BCUT2D eigenvalue weighted by atomic mass is 32.2. The fraction of sp³-hybridized carbons (Fsp3) is 0.304. The van der Waals surface area contributed by atoms with Gasteiger partial charge in [-0.15, -0.1) is 11.8 Å². The number of amides is 1. The van der Waals surface area contributed by atoms with Gasteiger partial charge >= 0.3 is 0 Å². The Morgan fingerprint density at radius 2 is 1.83 bits per heavy atom. The molecule has 0 aliphatic rings. The van der Waals surface area contributed by atoms with Crippen molar-refractivity contribution in [3.8, 4) is 0 Å². The first-order valence-corrected chi connectivity index (χ1v) is 10.7. The fourth-order valence-corrected chi connectivity index (χ4v) is 4.27. The maximum atomic E-state index is 12.7. The third-order valence-corrected chi connectivity index (χ3v) is 5.94. The monoisotopic (exact) mass is 409 g/mol. The van der Waals surface area contributed by atoms with E-state index in [1.807, 2.05) is 56.3 Å². The lowest BCUT2D eigenvalue weighted by Gasteiger charge is -2.19. The summed E-state index contributed by atoms with van der Waals surface area (Å²) in [5, 5.41) is 7.05. The summed E-state index contributed by atoms with van der Waals surface area (Å²) in [6.45, 7) is 5.38. The van der Waals surface area contributed by atoms with Crippen molar-refractivity contribution in [2.45, 2.75) is 30.9 Å². The zero-order chi connectivity index (χ0) is 20.6. The lowest BCUT2D eigenvalue weighted by atomic mass is 10.2. The van der Waals surface area contributed by atoms with E-state index in [4.69, 9.17) is 4.52 Å². The first-order chi connectivity index (χ1) is 14.1. The molecule has 5 nitrogen and oxygen atoms in total. The van der Waals surface area contributed by atoms with E-state index in [1.54, 1.807) is 11.8 Å². The Morgan fingerprint density at radius 3 is 2.55 bits per heavy atom. The maximum absolute atomic E-state index is 12.7. The maximum Gasteiger partial charge on any atom is 0.252 e. The average molecular weight is 410 g/mol. The molecule has 0 aliphatic heterocycles. The van der Waals surface area contributed by atoms with E-state index in [-0.39, 0.29) is 5.91 Å². The Bertz CT molecular complexity index is 921. The molecule has 1 amide bonds. The normalized spacial score (nSPS) is 10.7. The van der Waals surface area contributed by atoms with E-state index in [2.05, 4.69) is 34.6 Å². The second kappa shape index (κ2) is 10.2. The van der Waals surface area contributed by atoms with Crippen LogP contribution in [0.5, 0.6) is 0 Å². The molecule has 0 unspecified atom stereocenters. The molecule has 3 aromatic rings. The Balaban J connectivity index is 1.52. The van der Waals surface area contributed by atoms with E-state index in [0.717, 1.165) is 40.6 Å². The van der Waals surface area contributed by atoms with E-state index >= 15 is 0 Å². The molecule has 0 radical (unpaired) electrons. The van der Waals surface area contributed by atoms with Crippen LogP contribution in [0.1, 0.15) is 33.8 Å². The predicted molar refractivity (Wildman–Crippen MR) is 119 cm³/mol. The van der Waals surface area contributed by atoms with E-state index < -0.39 is 0 Å². The van der Waals surface area contributed by atoms with Crippen molar-refractivity contribution in [3.63, 3.8) is 0 Å². The third kappa shape index (κ3) is 5.64. The molecular weight excluding hydrogens is 382 g/mol. The molecule has 29 heavy (non-hydrogen) atoms. The molecule has 152 valence electrons. The highest BCUT2D eigenvalue weighted by molar-refractivity contribution is 7.98. The zero-order valence-corrected chi connectivity index (χ0v) is 18.0. The van der Waals surface area contributed by atoms with Crippen LogP contribution >= 0.6 is 11.8 Å². The fourth-order valence-electron chi connectivity index (χ4n) is 3.06. The second-order valence-electron chi connectivity index (χ2n) is 6.95. The molecule has 1 aromatic heterocycles. The first-order valence-electron chi connectivity index (χ1n) is 9.74. The lowest BCUT2D eigenvalue weighted by Crippen LogP contribution is -2.28. The van der Waals surface area contributed by atoms with Crippen molar-refractivity contribution >= 4 is 23.4 Å². The number of rotatable bonds is 9. The molecule has 0 spiro atoms. The average Bonchev–Trinajstić information content (AvgIpc) is 3.07. The standard InChI is InChI=1S/C23H27N3O2S/c1-17-21(18(2)28-25-17)16-29-22-13-8-7-12-20(22)23(27)24-14-9-15-26(3)19-10-5-4-6-11-19/h4-8,10-13H,9,14-16H2,1-3H3,(H,24,27). The Kier molecular flexibility index (Phi) is 7.36. The minimum absolute atomic E-state index is 0.0331. The molecule has 1 heterocycles. The van der Waals surface area contributed by atoms with Crippen molar-refractivity contribution in [1.82, 2.24) is 10.5 Å². The molecule has 0 atom stereocenters. The topological polar surface area (TPSA) is 58.4 Å². The van der Waals surface area contributed by atoms with Gasteiger partial charge in [-0.25, -0.2) is 0 Å². The van der Waals surface area contributed by atoms with Crippen molar-refractivity contribution in [2.75, 3.05) is 25.0 Å². The van der Waals surface area contributed by atoms with Crippen molar-refractivity contribution < 1.29 is 9.32 Å². The number of nitrogens with one attached hydrogen (secondary N) is 1. The number of carbonyl (C=O) groups excluding carboxylic acids is 1. The van der Waals surface area contributed by atoms with Crippen LogP contribution in [0, 0.1) is 13.8 Å². The molecule has 1 N–H and O–H groups in total. The summed E-state index contributed by atoms with van der Waals surface area (Å²) in [6, 6.07) is 18.0. The lowest BCUT2D eigenvalue weighted by molar-refractivity contribution is 0.0950. The van der Waals surface area contributed by atoms with Crippen LogP contribution in [0.4, 0.5) is 5.69 Å². The van der Waals surface area contributed by atoms with Gasteiger partial charge < -0.3 is 14.7 Å². The highest BCUT2D eigenvalue weighted by Gasteiger charge is 2.14. The van der Waals surface area contributed by atoms with E-state index in [9.17, 15) is 4.79 Å². The van der Waals surface area contributed by atoms with Gasteiger partial charge in [0.05, 0.1) is 11.3 Å². The quantitative estimate of drug-likeness (QED) is 0.405. The van der Waals surface area contributed by atoms with Crippen molar-refractivity contribution in [2.24, 2.45) is 0 Å². The van der Waals surface area contributed by atoms with Gasteiger partial charge in [-0.2, -0.15) is 0 Å². The minimum Gasteiger partial charge on any atom is -0.375 e. The van der Waals surface area contributed by atoms with Crippen LogP contribution in [-0.2, 0) is 5.75 Å². The van der Waals surface area contributed by atoms with Gasteiger partial charge in [0.25, 0.3) is 5.91 Å². The van der Waals surface area contributed by atoms with Gasteiger partial charge in [0, 0.05) is 42.0 Å². The van der Waals surface area contributed by atoms with E-state index in [0.29, 0.717) is 12.1 Å². The third-order valence-electron chi connectivity index (χ3n) is 4.84. The number of aryl methyl sites for hydroxylation is 2. The second-order valence-corrected chi connectivity index (χ2v) is 7.97. The number of carbonyl (C=O) groups is 1. The van der Waals surface area contributed by atoms with Crippen LogP contribution in [0.25, 0.3) is 0 Å². The highest BCUT2D eigenvalue weighted by Crippen LogP contribution is 2.28. The number of nitrogens with zero attached hydrogens (tertiary/aromatic N) is 2. The molecule has 0 aliphatic carbocycles. The molecule has 0 fully saturated rings. The summed E-state index contributed by atoms with van der Waals surface area (Å²) >= 11 is 1.63. The van der Waals surface area contributed by atoms with Crippen LogP contribution in [0.3, 0.4) is 0 Å². The van der Waals surface area contributed by atoms with Gasteiger partial charge in [0.2, 0.25) is 0 Å². The van der Waals surface area contributed by atoms with Gasteiger partial charge in [-0.05, 0) is 44.5 Å². The molecule has 0 saturated carbocycles. The molecule has 0 saturated heterocycles. The summed E-state index contributed by atoms with van der Waals surface area (Å²) in [4.78, 5) is 15.9. The summed E-state index contributed by atoms with van der Waals surface area (Å²) < 4.78 is 5.23. The van der Waals surface area contributed by atoms with E-state index in [1.165, 1.54) is 5.69 Å². The number of hydrogen-bond acceptors (Lipinski definition) is 5. The summed E-state index contributed by atoms with van der Waals surface area (Å²) in [6.07, 6.45) is 0.880. The Labute approximate surface area is 176 Å². The Morgan fingerprint density at radius 1 is 1.10 bits per heavy atom. The zero-order valence-electron chi connectivity index (χ0n) is 17.1. The number of aromatic nitrogens is 1. The molecule has 0 bridgehead atoms. The summed E-state index contributed by atoms with van der Waals surface area (Å²) in [5.41, 5.74) is 3.88. The van der Waals surface area contributed by atoms with Crippen LogP contribution < -0.4 is 10.2 Å². The first kappa shape index (κ1) is 21.0. The Hall–Kier alpha value is -2.73. The van der Waals surface area contributed by atoms with Crippen LogP contribution in [0.2, 0.25) is 0 Å². The SMILES string of the molecule is Cc1noc(C)c1CSc1ccccc1C(=O)NCCCN(C)c1ccccc1. The van der Waals surface area contributed by atoms with Gasteiger partial charge in [-0.1, -0.05) is 35.5 Å². The molecule has 3 rings (SSSR count). The molecule has 2 aromatic carbocycles. The van der Waals surface area contributed by atoms with Crippen molar-refractivity contribution in [1.29, 1.82) is 0 Å². The molecular formula is C23H27N3O2S. The van der Waals surface area contributed by atoms with Gasteiger partial charge in [0.15, 0.2) is 0 Å². The summed E-state index contributed by atoms with van der Waals surface area (Å²) in [5.74, 6) is 1.53. The smallest absolute Gasteiger partial charge is 0.252 e. The van der Waals surface area contributed by atoms with Crippen LogP contribution in [-0.4, -0.2) is 31.2 Å². The number of benzene rings is 2. The summed E-state index contributed by atoms with van der Waals surface area (Å²) in [7, 11) is 2.07. The predicted octanol–water partition coefficient (Wildman–Crippen LogP) is 4.84. The number of hydrogen-bond donors (Lipinski definition) is 1. The number of para-hydroxylation sites is 1. The number of anilines is 1. The number of thioether (sulfide) groups is 1. The van der Waals surface area contributed by atoms with Gasteiger partial charge in [0.1, 0.15) is 5.76 Å². The van der Waals surface area contributed by atoms with Crippen molar-refractivity contribution in [3.05, 3.63) is 77.2 Å². The molecule has 6 heteroatoms. The van der Waals surface area contributed by atoms with Crippen LogP contribution in [0.15, 0.2) is 64.0 Å². The van der Waals surface area contributed by atoms with Gasteiger partial charge in [-0.3, -0.25) is 4.79 Å². The minimum atomic E-state index is -0.0331. The largest absolute Gasteiger partial charge is 0.375 e.